The second-order valence-corrected chi connectivity index (χ2v) is 6.11. The lowest BCUT2D eigenvalue weighted by Crippen LogP contribution is -2.04. The smallest absolute Gasteiger partial charge is 0.416 e. The molecule has 0 amide bonds. The number of benzene rings is 2. The molecule has 0 unspecified atom stereocenters. The topological polar surface area (TPSA) is 96.7 Å². The van der Waals surface area contributed by atoms with Crippen molar-refractivity contribution in [1.82, 2.24) is 15.0 Å². The van der Waals surface area contributed by atoms with E-state index in [4.69, 9.17) is 10.3 Å². The molecule has 2 heterocycles. The Morgan fingerprint density at radius 3 is 2.50 bits per heavy atom. The maximum atomic E-state index is 12.8. The molecule has 0 saturated heterocycles. The van der Waals surface area contributed by atoms with Gasteiger partial charge >= 0.3 is 6.18 Å². The minimum Gasteiger partial charge on any atom is -0.437 e. The Hall–Kier alpha value is -4.17. The van der Waals surface area contributed by atoms with E-state index in [9.17, 15) is 13.2 Å². The molecular weight excluding hydrogens is 397 g/mol. The predicted molar refractivity (Wildman–Crippen MR) is 103 cm³/mol. The lowest BCUT2D eigenvalue weighted by molar-refractivity contribution is -0.137. The van der Waals surface area contributed by atoms with E-state index >= 15 is 0 Å². The molecule has 0 aliphatic carbocycles. The van der Waals surface area contributed by atoms with Crippen molar-refractivity contribution in [2.24, 2.45) is 5.11 Å². The van der Waals surface area contributed by atoms with E-state index in [2.05, 4.69) is 25.0 Å². The van der Waals surface area contributed by atoms with Crippen molar-refractivity contribution in [2.75, 3.05) is 0 Å². The van der Waals surface area contributed by atoms with Crippen LogP contribution in [0.3, 0.4) is 0 Å². The summed E-state index contributed by atoms with van der Waals surface area (Å²) in [5, 5.41) is 4.26. The van der Waals surface area contributed by atoms with Crippen LogP contribution in [0.4, 0.5) is 19.0 Å². The molecule has 10 heteroatoms. The fourth-order valence-electron chi connectivity index (χ4n) is 2.79. The number of hydrogen-bond acceptors (Lipinski definition) is 5. The molecule has 0 saturated carbocycles. The summed E-state index contributed by atoms with van der Waals surface area (Å²) in [7, 11) is 0. The van der Waals surface area contributed by atoms with Gasteiger partial charge in [-0.2, -0.15) is 13.2 Å². The molecule has 4 aromatic rings. The summed E-state index contributed by atoms with van der Waals surface area (Å²) in [6, 6.07) is 14.8. The number of fused-ring (bicyclic) bond motifs is 1. The van der Waals surface area contributed by atoms with Gasteiger partial charge in [-0.05, 0) is 34.9 Å². The molecule has 7 nitrogen and oxygen atoms in total. The van der Waals surface area contributed by atoms with Crippen molar-refractivity contribution in [3.63, 3.8) is 0 Å². The fourth-order valence-corrected chi connectivity index (χ4v) is 2.79. The van der Waals surface area contributed by atoms with E-state index in [0.717, 1.165) is 17.5 Å². The maximum absolute atomic E-state index is 12.8. The van der Waals surface area contributed by atoms with Crippen LogP contribution in [-0.2, 0) is 6.18 Å². The Balaban J connectivity index is 1.67. The first-order chi connectivity index (χ1) is 14.4. The van der Waals surface area contributed by atoms with Crippen LogP contribution in [0.5, 0.6) is 11.6 Å². The van der Waals surface area contributed by atoms with Gasteiger partial charge in [0.25, 0.3) is 0 Å². The Bertz CT molecular complexity index is 1270. The number of hydrogen-bond donors (Lipinski definition) is 0. The van der Waals surface area contributed by atoms with Crippen LogP contribution in [0.2, 0.25) is 0 Å². The molecule has 2 aromatic heterocycles. The molecule has 0 radical (unpaired) electrons. The molecule has 4 rings (SSSR count). The van der Waals surface area contributed by atoms with Crippen LogP contribution in [0, 0.1) is 0 Å². The predicted octanol–water partition coefficient (Wildman–Crippen LogP) is 6.44. The number of aromatic nitrogens is 3. The lowest BCUT2D eigenvalue weighted by atomic mass is 10.1. The van der Waals surface area contributed by atoms with Crippen molar-refractivity contribution in [3.8, 4) is 22.9 Å². The molecule has 0 aliphatic heterocycles. The normalized spacial score (nSPS) is 11.2. The summed E-state index contributed by atoms with van der Waals surface area (Å²) in [5.74, 6) is 0.747. The molecular formula is C20H11F3N6O. The molecule has 2 aromatic carbocycles. The van der Waals surface area contributed by atoms with Gasteiger partial charge in [0.05, 0.1) is 11.3 Å². The Kier molecular flexibility index (Phi) is 4.91. The third kappa shape index (κ3) is 3.98. The van der Waals surface area contributed by atoms with Crippen LogP contribution in [0.25, 0.3) is 32.6 Å². The molecule has 148 valence electrons. The van der Waals surface area contributed by atoms with Crippen LogP contribution in [-0.4, -0.2) is 15.0 Å². The van der Waals surface area contributed by atoms with Gasteiger partial charge in [-0.25, -0.2) is 15.0 Å². The summed E-state index contributed by atoms with van der Waals surface area (Å²) in [5.41, 5.74) is 9.22. The molecule has 0 fully saturated rings. The highest BCUT2D eigenvalue weighted by atomic mass is 19.4. The van der Waals surface area contributed by atoms with Gasteiger partial charge < -0.3 is 4.74 Å². The van der Waals surface area contributed by atoms with Crippen molar-refractivity contribution in [3.05, 3.63) is 83.0 Å². The van der Waals surface area contributed by atoms with Gasteiger partial charge in [-0.3, -0.25) is 0 Å². The minimum absolute atomic E-state index is 0.184. The second-order valence-electron chi connectivity index (χ2n) is 6.11. The summed E-state index contributed by atoms with van der Waals surface area (Å²) in [6.45, 7) is 0. The third-order valence-electron chi connectivity index (χ3n) is 4.18. The van der Waals surface area contributed by atoms with Crippen molar-refractivity contribution in [2.45, 2.75) is 6.18 Å². The number of azide groups is 1. The second kappa shape index (κ2) is 7.69. The largest absolute Gasteiger partial charge is 0.437 e. The van der Waals surface area contributed by atoms with E-state index in [1.165, 1.54) is 24.5 Å². The van der Waals surface area contributed by atoms with Gasteiger partial charge in [0.15, 0.2) is 5.75 Å². The van der Waals surface area contributed by atoms with E-state index in [1.54, 1.807) is 24.3 Å². The number of rotatable bonds is 4. The number of pyridine rings is 1. The number of halogens is 3. The first-order valence-corrected chi connectivity index (χ1v) is 8.56. The molecule has 0 atom stereocenters. The van der Waals surface area contributed by atoms with Crippen molar-refractivity contribution >= 4 is 16.7 Å². The van der Waals surface area contributed by atoms with Gasteiger partial charge in [-0.1, -0.05) is 30.3 Å². The standard InChI is InChI=1S/C20H11F3N6O/c21-20(22,23)14-7-4-12(5-8-14)15-10-18(26-11-25-15)30-16-3-1-2-13-6-9-17(28-29-24)27-19(13)16/h1-11H. The quantitative estimate of drug-likeness (QED) is 0.220. The van der Waals surface area contributed by atoms with Crippen molar-refractivity contribution in [1.29, 1.82) is 0 Å². The van der Waals surface area contributed by atoms with Gasteiger partial charge in [0, 0.05) is 21.9 Å². The molecule has 30 heavy (non-hydrogen) atoms. The highest BCUT2D eigenvalue weighted by Crippen LogP contribution is 2.32. The Morgan fingerprint density at radius 1 is 0.967 bits per heavy atom. The SMILES string of the molecule is [N-]=[N+]=Nc1ccc2cccc(Oc3cc(-c4ccc(C(F)(F)F)cc4)ncn3)c2n1. The molecule has 0 bridgehead atoms. The van der Waals surface area contributed by atoms with Gasteiger partial charge in [-0.15, -0.1) is 0 Å². The summed E-state index contributed by atoms with van der Waals surface area (Å²) < 4.78 is 44.1. The fraction of sp³-hybridized carbons (Fsp3) is 0.0500. The van der Waals surface area contributed by atoms with Gasteiger partial charge in [0.1, 0.15) is 17.7 Å². The third-order valence-corrected chi connectivity index (χ3v) is 4.18. The average Bonchev–Trinajstić information content (AvgIpc) is 2.74. The number of ether oxygens (including phenoxy) is 1. The minimum atomic E-state index is -4.41. The number of nitrogens with zero attached hydrogens (tertiary/aromatic N) is 6. The Labute approximate surface area is 167 Å². The van der Waals surface area contributed by atoms with Crippen LogP contribution < -0.4 is 4.74 Å². The van der Waals surface area contributed by atoms with E-state index in [-0.39, 0.29) is 11.7 Å². The number of para-hydroxylation sites is 1. The zero-order valence-electron chi connectivity index (χ0n) is 15.1. The number of alkyl halides is 3. The van der Waals surface area contributed by atoms with Crippen LogP contribution >= 0.6 is 0 Å². The zero-order valence-corrected chi connectivity index (χ0v) is 15.1. The van der Waals surface area contributed by atoms with E-state index in [0.29, 0.717) is 22.5 Å². The van der Waals surface area contributed by atoms with Crippen LogP contribution in [0.1, 0.15) is 5.56 Å². The maximum Gasteiger partial charge on any atom is 0.416 e. The van der Waals surface area contributed by atoms with Crippen molar-refractivity contribution < 1.29 is 17.9 Å². The molecule has 0 N–H and O–H groups in total. The zero-order chi connectivity index (χ0) is 21.1. The van der Waals surface area contributed by atoms with Gasteiger partial charge in [0.2, 0.25) is 5.88 Å². The lowest BCUT2D eigenvalue weighted by Gasteiger charge is -2.10. The summed E-state index contributed by atoms with van der Waals surface area (Å²) >= 11 is 0. The average molecular weight is 408 g/mol. The first kappa shape index (κ1) is 19.2. The highest BCUT2D eigenvalue weighted by molar-refractivity contribution is 5.85. The highest BCUT2D eigenvalue weighted by Gasteiger charge is 2.30. The summed E-state index contributed by atoms with van der Waals surface area (Å²) in [4.78, 5) is 15.2. The molecule has 0 spiro atoms. The Morgan fingerprint density at radius 2 is 1.77 bits per heavy atom. The van der Waals surface area contributed by atoms with E-state index in [1.807, 2.05) is 6.07 Å². The van der Waals surface area contributed by atoms with E-state index < -0.39 is 11.7 Å². The summed E-state index contributed by atoms with van der Waals surface area (Å²) in [6.07, 6.45) is -3.15. The molecule has 0 aliphatic rings. The van der Waals surface area contributed by atoms with Crippen LogP contribution in [0.15, 0.2) is 72.1 Å². The monoisotopic (exact) mass is 408 g/mol. The first-order valence-electron chi connectivity index (χ1n) is 8.56.